The highest BCUT2D eigenvalue weighted by Crippen LogP contribution is 2.24. The quantitative estimate of drug-likeness (QED) is 0.908. The molecule has 0 radical (unpaired) electrons. The Morgan fingerprint density at radius 1 is 1.39 bits per heavy atom. The summed E-state index contributed by atoms with van der Waals surface area (Å²) in [4.78, 5) is 28.4. The first-order valence-corrected chi connectivity index (χ1v) is 8.56. The number of hydrogen-bond donors (Lipinski definition) is 2. The minimum atomic E-state index is -0.133. The van der Waals surface area contributed by atoms with Gasteiger partial charge >= 0.3 is 0 Å². The first kappa shape index (κ1) is 15.7. The Hall–Kier alpha value is -2.21. The van der Waals surface area contributed by atoms with Gasteiger partial charge in [-0.25, -0.2) is 4.98 Å². The second-order valence-corrected chi connectivity index (χ2v) is 6.82. The third-order valence-electron chi connectivity index (χ3n) is 3.92. The number of amides is 2. The Labute approximate surface area is 139 Å². The van der Waals surface area contributed by atoms with Gasteiger partial charge in [-0.3, -0.25) is 9.59 Å². The Bertz CT molecular complexity index is 754. The van der Waals surface area contributed by atoms with E-state index in [2.05, 4.69) is 15.6 Å². The summed E-state index contributed by atoms with van der Waals surface area (Å²) in [5.41, 5.74) is 3.31. The summed E-state index contributed by atoms with van der Waals surface area (Å²) in [5.74, 6) is -0.0880. The predicted octanol–water partition coefficient (Wildman–Crippen LogP) is 3.22. The van der Waals surface area contributed by atoms with Gasteiger partial charge in [0.1, 0.15) is 0 Å². The average Bonchev–Trinajstić information content (AvgIpc) is 2.86. The van der Waals surface area contributed by atoms with E-state index < -0.39 is 0 Å². The number of aromatic nitrogens is 1. The molecule has 2 amide bonds. The highest BCUT2D eigenvalue weighted by Gasteiger charge is 2.17. The molecule has 5 nitrogen and oxygen atoms in total. The van der Waals surface area contributed by atoms with E-state index in [4.69, 9.17) is 0 Å². The number of thiazole rings is 1. The normalized spacial score (nSPS) is 15.3. The summed E-state index contributed by atoms with van der Waals surface area (Å²) in [7, 11) is 0. The van der Waals surface area contributed by atoms with Crippen LogP contribution < -0.4 is 10.6 Å². The first-order valence-electron chi connectivity index (χ1n) is 7.68. The van der Waals surface area contributed by atoms with Crippen LogP contribution in [0, 0.1) is 6.92 Å². The maximum atomic E-state index is 12.4. The number of anilines is 1. The fourth-order valence-corrected chi connectivity index (χ4v) is 3.36. The van der Waals surface area contributed by atoms with Gasteiger partial charge in [-0.1, -0.05) is 0 Å². The van der Waals surface area contributed by atoms with E-state index in [1.807, 2.05) is 31.4 Å². The maximum Gasteiger partial charge on any atom is 0.251 e. The number of hydrogen-bond acceptors (Lipinski definition) is 4. The van der Waals surface area contributed by atoms with E-state index in [1.165, 1.54) is 0 Å². The van der Waals surface area contributed by atoms with Crippen LogP contribution in [0.25, 0.3) is 0 Å². The van der Waals surface area contributed by atoms with Crippen molar-refractivity contribution in [2.24, 2.45) is 0 Å². The van der Waals surface area contributed by atoms with Crippen LogP contribution in [0.2, 0.25) is 0 Å². The van der Waals surface area contributed by atoms with E-state index >= 15 is 0 Å². The molecule has 3 rings (SSSR count). The van der Waals surface area contributed by atoms with Crippen molar-refractivity contribution >= 4 is 28.8 Å². The monoisotopic (exact) mass is 329 g/mol. The summed E-state index contributed by atoms with van der Waals surface area (Å²) in [6, 6.07) is 5.30. The minimum Gasteiger partial charge on any atom is -0.344 e. The fraction of sp³-hybridized carbons (Fsp3) is 0.353. The van der Waals surface area contributed by atoms with Crippen molar-refractivity contribution in [2.75, 3.05) is 5.32 Å². The van der Waals surface area contributed by atoms with Gasteiger partial charge in [0.05, 0.1) is 16.7 Å². The van der Waals surface area contributed by atoms with Gasteiger partial charge in [0.15, 0.2) is 0 Å². The number of nitrogens with zero attached hydrogens (tertiary/aromatic N) is 1. The number of aryl methyl sites for hydroxylation is 2. The van der Waals surface area contributed by atoms with E-state index in [0.717, 1.165) is 34.8 Å². The fourth-order valence-electron chi connectivity index (χ4n) is 2.65. The Morgan fingerprint density at radius 3 is 2.96 bits per heavy atom. The lowest BCUT2D eigenvalue weighted by atomic mass is 10.0. The third-order valence-corrected chi connectivity index (χ3v) is 4.71. The van der Waals surface area contributed by atoms with Crippen LogP contribution in [0.3, 0.4) is 0 Å². The van der Waals surface area contributed by atoms with Crippen LogP contribution in [0.15, 0.2) is 23.6 Å². The molecule has 1 aromatic heterocycles. The summed E-state index contributed by atoms with van der Waals surface area (Å²) in [6.45, 7) is 3.87. The summed E-state index contributed by atoms with van der Waals surface area (Å²) < 4.78 is 0. The van der Waals surface area contributed by atoms with Crippen LogP contribution in [-0.4, -0.2) is 16.8 Å². The Kier molecular flexibility index (Phi) is 4.43. The molecular formula is C17H19N3O2S. The molecule has 120 valence electrons. The van der Waals surface area contributed by atoms with Crippen molar-refractivity contribution in [3.05, 3.63) is 45.4 Å². The van der Waals surface area contributed by atoms with E-state index in [-0.39, 0.29) is 17.9 Å². The van der Waals surface area contributed by atoms with Crippen molar-refractivity contribution in [2.45, 2.75) is 39.2 Å². The number of fused-ring (bicyclic) bond motifs is 1. The van der Waals surface area contributed by atoms with Gasteiger partial charge in [-0.15, -0.1) is 11.3 Å². The van der Waals surface area contributed by atoms with Crippen molar-refractivity contribution in [1.29, 1.82) is 0 Å². The smallest absolute Gasteiger partial charge is 0.251 e. The van der Waals surface area contributed by atoms with Crippen molar-refractivity contribution < 1.29 is 9.59 Å². The second kappa shape index (κ2) is 6.50. The van der Waals surface area contributed by atoms with Gasteiger partial charge in [0.2, 0.25) is 5.91 Å². The molecule has 1 atom stereocenters. The largest absolute Gasteiger partial charge is 0.344 e. The summed E-state index contributed by atoms with van der Waals surface area (Å²) in [5, 5.41) is 8.81. The van der Waals surface area contributed by atoms with Crippen LogP contribution in [0.4, 0.5) is 5.69 Å². The van der Waals surface area contributed by atoms with Crippen molar-refractivity contribution in [3.63, 3.8) is 0 Å². The lowest BCUT2D eigenvalue weighted by Gasteiger charge is -2.13. The molecule has 1 aliphatic heterocycles. The topological polar surface area (TPSA) is 71.1 Å². The van der Waals surface area contributed by atoms with Crippen LogP contribution in [0.1, 0.15) is 52.4 Å². The molecule has 2 heterocycles. The minimum absolute atomic E-state index is 0.0356. The molecular weight excluding hydrogens is 310 g/mol. The molecule has 0 saturated heterocycles. The van der Waals surface area contributed by atoms with Gasteiger partial charge in [-0.2, -0.15) is 0 Å². The number of carbonyl (C=O) groups is 2. The van der Waals surface area contributed by atoms with Crippen molar-refractivity contribution in [3.8, 4) is 0 Å². The molecule has 0 fully saturated rings. The molecule has 0 aliphatic carbocycles. The molecule has 1 aromatic carbocycles. The zero-order valence-corrected chi connectivity index (χ0v) is 14.0. The van der Waals surface area contributed by atoms with E-state index in [9.17, 15) is 9.59 Å². The molecule has 6 heteroatoms. The van der Waals surface area contributed by atoms with Crippen LogP contribution in [0.5, 0.6) is 0 Å². The van der Waals surface area contributed by atoms with Gasteiger partial charge in [0.25, 0.3) is 5.91 Å². The van der Waals surface area contributed by atoms with Crippen LogP contribution in [-0.2, 0) is 11.2 Å². The Balaban J connectivity index is 1.75. The lowest BCUT2D eigenvalue weighted by molar-refractivity contribution is -0.116. The van der Waals surface area contributed by atoms with Gasteiger partial charge < -0.3 is 10.6 Å². The average molecular weight is 329 g/mol. The predicted molar refractivity (Wildman–Crippen MR) is 90.7 cm³/mol. The first-order chi connectivity index (χ1) is 11.0. The third kappa shape index (κ3) is 3.59. The lowest BCUT2D eigenvalue weighted by Crippen LogP contribution is -2.27. The number of carbonyl (C=O) groups excluding carboxylic acids is 2. The molecule has 1 unspecified atom stereocenters. The maximum absolute atomic E-state index is 12.4. The highest BCUT2D eigenvalue weighted by molar-refractivity contribution is 7.09. The number of rotatable bonds is 3. The zero-order chi connectivity index (χ0) is 16.4. The van der Waals surface area contributed by atoms with Gasteiger partial charge in [-0.05, 0) is 50.5 Å². The summed E-state index contributed by atoms with van der Waals surface area (Å²) >= 11 is 1.57. The number of benzene rings is 1. The molecule has 2 aromatic rings. The molecule has 0 bridgehead atoms. The standard InChI is InChI=1S/C17H19N3O2S/c1-10(15-9-23-11(2)19-15)18-17(22)13-6-7-14-12(8-13)4-3-5-16(21)20-14/h6-10H,3-5H2,1-2H3,(H,18,22)(H,20,21). The highest BCUT2D eigenvalue weighted by atomic mass is 32.1. The summed E-state index contributed by atoms with van der Waals surface area (Å²) in [6.07, 6.45) is 2.13. The van der Waals surface area contributed by atoms with E-state index in [1.54, 1.807) is 17.4 Å². The van der Waals surface area contributed by atoms with Crippen LogP contribution >= 0.6 is 11.3 Å². The van der Waals surface area contributed by atoms with Gasteiger partial charge in [0, 0.05) is 23.1 Å². The zero-order valence-electron chi connectivity index (χ0n) is 13.2. The molecule has 0 spiro atoms. The molecule has 2 N–H and O–H groups in total. The second-order valence-electron chi connectivity index (χ2n) is 5.76. The molecule has 0 saturated carbocycles. The number of nitrogens with one attached hydrogen (secondary N) is 2. The molecule has 1 aliphatic rings. The molecule has 23 heavy (non-hydrogen) atoms. The van der Waals surface area contributed by atoms with Crippen molar-refractivity contribution in [1.82, 2.24) is 10.3 Å². The Morgan fingerprint density at radius 2 is 2.22 bits per heavy atom. The SMILES string of the molecule is Cc1nc(C(C)NC(=O)c2ccc3c(c2)CCCC(=O)N3)cs1. The van der Waals surface area contributed by atoms with E-state index in [0.29, 0.717) is 12.0 Å².